The highest BCUT2D eigenvalue weighted by Crippen LogP contribution is 2.18. The van der Waals surface area contributed by atoms with Crippen LogP contribution in [0, 0.1) is 12.8 Å². The lowest BCUT2D eigenvalue weighted by Gasteiger charge is -2.33. The van der Waals surface area contributed by atoms with Crippen LogP contribution < -0.4 is 5.32 Å². The SMILES string of the molecule is CCCN(CCC)C(=O)CN1CCCC(C(=O)Nc2cccc(C)n2)C1. The van der Waals surface area contributed by atoms with Gasteiger partial charge in [-0.15, -0.1) is 0 Å². The molecule has 1 aromatic rings. The summed E-state index contributed by atoms with van der Waals surface area (Å²) in [6.45, 7) is 9.63. The number of amides is 2. The maximum atomic E-state index is 12.6. The molecule has 1 fully saturated rings. The first-order valence-electron chi connectivity index (χ1n) is 9.78. The second kappa shape index (κ2) is 10.3. The van der Waals surface area contributed by atoms with Crippen molar-refractivity contribution in [2.75, 3.05) is 38.0 Å². The van der Waals surface area contributed by atoms with Crippen molar-refractivity contribution in [2.45, 2.75) is 46.5 Å². The second-order valence-electron chi connectivity index (χ2n) is 7.11. The fourth-order valence-corrected chi connectivity index (χ4v) is 3.45. The molecular formula is C20H32N4O2. The Morgan fingerprint density at radius 1 is 1.27 bits per heavy atom. The van der Waals surface area contributed by atoms with Gasteiger partial charge in [0.05, 0.1) is 12.5 Å². The fourth-order valence-electron chi connectivity index (χ4n) is 3.45. The number of anilines is 1. The maximum Gasteiger partial charge on any atom is 0.236 e. The zero-order chi connectivity index (χ0) is 18.9. The minimum Gasteiger partial charge on any atom is -0.342 e. The highest BCUT2D eigenvalue weighted by Gasteiger charge is 2.28. The molecule has 1 N–H and O–H groups in total. The normalized spacial score (nSPS) is 17.7. The van der Waals surface area contributed by atoms with Gasteiger partial charge < -0.3 is 10.2 Å². The van der Waals surface area contributed by atoms with Gasteiger partial charge in [-0.3, -0.25) is 14.5 Å². The Morgan fingerprint density at radius 2 is 2.00 bits per heavy atom. The lowest BCUT2D eigenvalue weighted by atomic mass is 9.97. The summed E-state index contributed by atoms with van der Waals surface area (Å²) in [5.41, 5.74) is 0.880. The average molecular weight is 361 g/mol. The molecule has 6 heteroatoms. The van der Waals surface area contributed by atoms with Crippen molar-refractivity contribution in [2.24, 2.45) is 5.92 Å². The van der Waals surface area contributed by atoms with E-state index < -0.39 is 0 Å². The van der Waals surface area contributed by atoms with E-state index in [4.69, 9.17) is 0 Å². The minimum atomic E-state index is -0.0929. The molecule has 1 unspecified atom stereocenters. The number of aryl methyl sites for hydroxylation is 1. The number of pyridine rings is 1. The third-order valence-corrected chi connectivity index (χ3v) is 4.71. The molecule has 144 valence electrons. The van der Waals surface area contributed by atoms with E-state index in [9.17, 15) is 9.59 Å². The van der Waals surface area contributed by atoms with E-state index in [0.717, 1.165) is 51.0 Å². The van der Waals surface area contributed by atoms with Gasteiger partial charge in [-0.05, 0) is 51.3 Å². The molecule has 1 saturated heterocycles. The largest absolute Gasteiger partial charge is 0.342 e. The van der Waals surface area contributed by atoms with Gasteiger partial charge in [0.1, 0.15) is 5.82 Å². The Bertz CT molecular complexity index is 599. The number of likely N-dealkylation sites (tertiary alicyclic amines) is 1. The van der Waals surface area contributed by atoms with Gasteiger partial charge in [0.25, 0.3) is 0 Å². The summed E-state index contributed by atoms with van der Waals surface area (Å²) < 4.78 is 0. The van der Waals surface area contributed by atoms with E-state index in [2.05, 4.69) is 29.0 Å². The molecule has 0 bridgehead atoms. The van der Waals surface area contributed by atoms with Crippen molar-refractivity contribution >= 4 is 17.6 Å². The summed E-state index contributed by atoms with van der Waals surface area (Å²) in [6.07, 6.45) is 3.74. The van der Waals surface area contributed by atoms with Gasteiger partial charge in [0.2, 0.25) is 11.8 Å². The highest BCUT2D eigenvalue weighted by atomic mass is 16.2. The number of carbonyl (C=O) groups excluding carboxylic acids is 2. The topological polar surface area (TPSA) is 65.5 Å². The van der Waals surface area contributed by atoms with E-state index >= 15 is 0 Å². The Morgan fingerprint density at radius 3 is 2.65 bits per heavy atom. The smallest absolute Gasteiger partial charge is 0.236 e. The molecule has 2 amide bonds. The summed E-state index contributed by atoms with van der Waals surface area (Å²) >= 11 is 0. The molecule has 0 radical (unpaired) electrons. The first-order chi connectivity index (χ1) is 12.5. The molecule has 0 spiro atoms. The first kappa shape index (κ1) is 20.4. The van der Waals surface area contributed by atoms with Crippen LogP contribution >= 0.6 is 0 Å². The van der Waals surface area contributed by atoms with Crippen molar-refractivity contribution in [1.29, 1.82) is 0 Å². The molecule has 0 saturated carbocycles. The zero-order valence-electron chi connectivity index (χ0n) is 16.3. The van der Waals surface area contributed by atoms with Crippen LogP contribution in [-0.2, 0) is 9.59 Å². The van der Waals surface area contributed by atoms with Gasteiger partial charge in [0.15, 0.2) is 0 Å². The van der Waals surface area contributed by atoms with E-state index in [1.807, 2.05) is 30.0 Å². The Kier molecular flexibility index (Phi) is 8.04. The van der Waals surface area contributed by atoms with Crippen molar-refractivity contribution in [1.82, 2.24) is 14.8 Å². The average Bonchev–Trinajstić information content (AvgIpc) is 2.61. The number of hydrogen-bond donors (Lipinski definition) is 1. The highest BCUT2D eigenvalue weighted by molar-refractivity contribution is 5.92. The van der Waals surface area contributed by atoms with Gasteiger partial charge >= 0.3 is 0 Å². The van der Waals surface area contributed by atoms with Gasteiger partial charge in [-0.25, -0.2) is 4.98 Å². The molecule has 0 aromatic carbocycles. The van der Waals surface area contributed by atoms with Crippen molar-refractivity contribution in [3.63, 3.8) is 0 Å². The Balaban J connectivity index is 1.89. The number of nitrogens with one attached hydrogen (secondary N) is 1. The van der Waals surface area contributed by atoms with Crippen LogP contribution in [0.2, 0.25) is 0 Å². The molecule has 1 aliphatic rings. The Hall–Kier alpha value is -1.95. The molecule has 0 aliphatic carbocycles. The molecule has 2 rings (SSSR count). The van der Waals surface area contributed by atoms with Crippen LogP contribution in [0.25, 0.3) is 0 Å². The van der Waals surface area contributed by atoms with E-state index in [1.165, 1.54) is 0 Å². The summed E-state index contributed by atoms with van der Waals surface area (Å²) in [5.74, 6) is 0.680. The Labute approximate surface area is 157 Å². The van der Waals surface area contributed by atoms with Crippen LogP contribution in [0.5, 0.6) is 0 Å². The summed E-state index contributed by atoms with van der Waals surface area (Å²) in [6, 6.07) is 5.60. The third kappa shape index (κ3) is 6.09. The van der Waals surface area contributed by atoms with Crippen LogP contribution in [-0.4, -0.2) is 59.3 Å². The van der Waals surface area contributed by atoms with E-state index in [0.29, 0.717) is 18.9 Å². The molecular weight excluding hydrogens is 328 g/mol. The van der Waals surface area contributed by atoms with E-state index in [1.54, 1.807) is 0 Å². The third-order valence-electron chi connectivity index (χ3n) is 4.71. The quantitative estimate of drug-likeness (QED) is 0.774. The minimum absolute atomic E-state index is 0.000721. The van der Waals surface area contributed by atoms with Gasteiger partial charge in [-0.2, -0.15) is 0 Å². The number of nitrogens with zero attached hydrogens (tertiary/aromatic N) is 3. The molecule has 2 heterocycles. The molecule has 1 aliphatic heterocycles. The van der Waals surface area contributed by atoms with Crippen molar-refractivity contribution in [3.8, 4) is 0 Å². The van der Waals surface area contributed by atoms with Crippen molar-refractivity contribution < 1.29 is 9.59 Å². The predicted octanol–water partition coefficient (Wildman–Crippen LogP) is 2.69. The fraction of sp³-hybridized carbons (Fsp3) is 0.650. The lowest BCUT2D eigenvalue weighted by Crippen LogP contribution is -2.46. The lowest BCUT2D eigenvalue weighted by molar-refractivity contribution is -0.134. The van der Waals surface area contributed by atoms with Gasteiger partial charge in [0, 0.05) is 25.3 Å². The second-order valence-corrected chi connectivity index (χ2v) is 7.11. The number of piperidine rings is 1. The van der Waals surface area contributed by atoms with Crippen LogP contribution in [0.15, 0.2) is 18.2 Å². The zero-order valence-corrected chi connectivity index (χ0v) is 16.3. The van der Waals surface area contributed by atoms with Crippen LogP contribution in [0.1, 0.15) is 45.2 Å². The van der Waals surface area contributed by atoms with Gasteiger partial charge in [-0.1, -0.05) is 19.9 Å². The molecule has 1 atom stereocenters. The summed E-state index contributed by atoms with van der Waals surface area (Å²) in [4.78, 5) is 33.5. The summed E-state index contributed by atoms with van der Waals surface area (Å²) in [5, 5.41) is 2.92. The number of carbonyl (C=O) groups is 2. The first-order valence-corrected chi connectivity index (χ1v) is 9.78. The van der Waals surface area contributed by atoms with Crippen LogP contribution in [0.3, 0.4) is 0 Å². The number of hydrogen-bond acceptors (Lipinski definition) is 4. The standard InChI is InChI=1S/C20H32N4O2/c1-4-11-24(12-5-2)19(25)15-23-13-7-9-17(14-23)20(26)22-18-10-6-8-16(3)21-18/h6,8,10,17H,4-5,7,9,11-15H2,1-3H3,(H,21,22,26). The maximum absolute atomic E-state index is 12.6. The number of aromatic nitrogens is 1. The molecule has 1 aromatic heterocycles. The summed E-state index contributed by atoms with van der Waals surface area (Å²) in [7, 11) is 0. The predicted molar refractivity (Wildman–Crippen MR) is 104 cm³/mol. The monoisotopic (exact) mass is 360 g/mol. The molecule has 26 heavy (non-hydrogen) atoms. The van der Waals surface area contributed by atoms with Crippen molar-refractivity contribution in [3.05, 3.63) is 23.9 Å². The molecule has 6 nitrogen and oxygen atoms in total. The van der Waals surface area contributed by atoms with E-state index in [-0.39, 0.29) is 17.7 Å². The van der Waals surface area contributed by atoms with Crippen LogP contribution in [0.4, 0.5) is 5.82 Å². The number of rotatable bonds is 8.